The number of carbonyl (C=O) groups excluding carboxylic acids is 1. The van der Waals surface area contributed by atoms with Gasteiger partial charge in [-0.1, -0.05) is 6.92 Å². The summed E-state index contributed by atoms with van der Waals surface area (Å²) in [6.45, 7) is 1.75. The number of aryl methyl sites for hydroxylation is 1. The summed E-state index contributed by atoms with van der Waals surface area (Å²) in [5.41, 5.74) is 0.810. The van der Waals surface area contributed by atoms with Crippen LogP contribution in [0.5, 0.6) is 0 Å². The SMILES string of the molecule is CC[C@H](C(=O)O)C(Cc1cncn1C)C(=O)OC. The molecule has 1 N–H and O–H groups in total. The van der Waals surface area contributed by atoms with E-state index in [0.29, 0.717) is 12.8 Å². The highest BCUT2D eigenvalue weighted by Crippen LogP contribution is 2.22. The largest absolute Gasteiger partial charge is 0.481 e. The predicted molar refractivity (Wildman–Crippen MR) is 63.8 cm³/mol. The van der Waals surface area contributed by atoms with Gasteiger partial charge in [0.1, 0.15) is 0 Å². The standard InChI is InChI=1S/C12H18N2O4/c1-4-9(11(15)16)10(12(17)18-3)5-8-6-13-7-14(8)2/h6-7,9-10H,4-5H2,1-3H3,(H,15,16)/t9-,10?/m0/s1. The van der Waals surface area contributed by atoms with Gasteiger partial charge in [0.05, 0.1) is 25.3 Å². The van der Waals surface area contributed by atoms with E-state index >= 15 is 0 Å². The third-order valence-corrected chi connectivity index (χ3v) is 3.09. The van der Waals surface area contributed by atoms with Crippen molar-refractivity contribution in [2.24, 2.45) is 18.9 Å². The van der Waals surface area contributed by atoms with Crippen LogP contribution in [0.4, 0.5) is 0 Å². The Balaban J connectivity index is 2.95. The summed E-state index contributed by atoms with van der Waals surface area (Å²) in [7, 11) is 3.07. The summed E-state index contributed by atoms with van der Waals surface area (Å²) in [4.78, 5) is 26.9. The van der Waals surface area contributed by atoms with Crippen molar-refractivity contribution in [1.82, 2.24) is 9.55 Å². The van der Waals surface area contributed by atoms with Crippen molar-refractivity contribution in [2.45, 2.75) is 19.8 Å². The Kier molecular flexibility index (Phi) is 4.88. The zero-order valence-corrected chi connectivity index (χ0v) is 10.8. The van der Waals surface area contributed by atoms with E-state index in [2.05, 4.69) is 4.98 Å². The normalized spacial score (nSPS) is 13.9. The molecule has 0 spiro atoms. The Hall–Kier alpha value is -1.85. The van der Waals surface area contributed by atoms with Crippen LogP contribution in [-0.2, 0) is 27.8 Å². The van der Waals surface area contributed by atoms with Gasteiger partial charge < -0.3 is 14.4 Å². The third kappa shape index (κ3) is 3.09. The highest BCUT2D eigenvalue weighted by Gasteiger charge is 2.33. The lowest BCUT2D eigenvalue weighted by molar-refractivity contribution is -0.156. The molecule has 0 aliphatic heterocycles. The lowest BCUT2D eigenvalue weighted by Crippen LogP contribution is -2.32. The maximum Gasteiger partial charge on any atom is 0.309 e. The van der Waals surface area contributed by atoms with Crippen LogP contribution in [0.15, 0.2) is 12.5 Å². The number of carboxylic acid groups (broad SMARTS) is 1. The van der Waals surface area contributed by atoms with Crippen LogP contribution in [0.2, 0.25) is 0 Å². The molecule has 2 atom stereocenters. The van der Waals surface area contributed by atoms with E-state index < -0.39 is 23.8 Å². The predicted octanol–water partition coefficient (Wildman–Crippen LogP) is 0.863. The molecular weight excluding hydrogens is 236 g/mol. The molecule has 0 fully saturated rings. The van der Waals surface area contributed by atoms with E-state index in [1.807, 2.05) is 0 Å². The van der Waals surface area contributed by atoms with Gasteiger partial charge in [-0.15, -0.1) is 0 Å². The molecule has 100 valence electrons. The maximum atomic E-state index is 11.7. The molecule has 6 heteroatoms. The van der Waals surface area contributed by atoms with Gasteiger partial charge in [-0.25, -0.2) is 4.98 Å². The van der Waals surface area contributed by atoms with Crippen LogP contribution in [0.25, 0.3) is 0 Å². The number of methoxy groups -OCH3 is 1. The molecule has 0 aromatic carbocycles. The van der Waals surface area contributed by atoms with Gasteiger partial charge >= 0.3 is 11.9 Å². The van der Waals surface area contributed by atoms with Crippen molar-refractivity contribution in [3.63, 3.8) is 0 Å². The van der Waals surface area contributed by atoms with E-state index in [1.165, 1.54) is 7.11 Å². The fourth-order valence-electron chi connectivity index (χ4n) is 1.98. The quantitative estimate of drug-likeness (QED) is 0.761. The molecule has 0 radical (unpaired) electrons. The zero-order valence-electron chi connectivity index (χ0n) is 10.8. The van der Waals surface area contributed by atoms with Crippen LogP contribution >= 0.6 is 0 Å². The second kappa shape index (κ2) is 6.18. The third-order valence-electron chi connectivity index (χ3n) is 3.09. The lowest BCUT2D eigenvalue weighted by Gasteiger charge is -2.20. The number of aliphatic carboxylic acids is 1. The van der Waals surface area contributed by atoms with Gasteiger partial charge in [0, 0.05) is 25.4 Å². The molecule has 1 aromatic rings. The number of carbonyl (C=O) groups is 2. The molecule has 1 aromatic heterocycles. The van der Waals surface area contributed by atoms with Gasteiger partial charge in [-0.2, -0.15) is 0 Å². The lowest BCUT2D eigenvalue weighted by atomic mass is 9.86. The Morgan fingerprint density at radius 3 is 2.56 bits per heavy atom. The van der Waals surface area contributed by atoms with Gasteiger partial charge in [0.15, 0.2) is 0 Å². The highest BCUT2D eigenvalue weighted by atomic mass is 16.5. The van der Waals surface area contributed by atoms with Crippen molar-refractivity contribution in [1.29, 1.82) is 0 Å². The van der Waals surface area contributed by atoms with Crippen LogP contribution in [0.1, 0.15) is 19.0 Å². The fraction of sp³-hybridized carbons (Fsp3) is 0.583. The average molecular weight is 254 g/mol. The number of hydrogen-bond donors (Lipinski definition) is 1. The van der Waals surface area contributed by atoms with Crippen molar-refractivity contribution in [2.75, 3.05) is 7.11 Å². The number of esters is 1. The Labute approximate surface area is 106 Å². The van der Waals surface area contributed by atoms with Gasteiger partial charge in [-0.05, 0) is 6.42 Å². The number of ether oxygens (including phenoxy) is 1. The Morgan fingerprint density at radius 1 is 1.50 bits per heavy atom. The second-order valence-electron chi connectivity index (χ2n) is 4.18. The minimum atomic E-state index is -0.977. The number of nitrogens with zero attached hydrogens (tertiary/aromatic N) is 2. The van der Waals surface area contributed by atoms with Crippen LogP contribution in [0, 0.1) is 11.8 Å². The fourth-order valence-corrected chi connectivity index (χ4v) is 1.98. The first kappa shape index (κ1) is 14.2. The minimum Gasteiger partial charge on any atom is -0.481 e. The molecule has 0 bridgehead atoms. The molecule has 0 amide bonds. The van der Waals surface area contributed by atoms with E-state index in [4.69, 9.17) is 9.84 Å². The molecule has 0 saturated carbocycles. The van der Waals surface area contributed by atoms with Crippen molar-refractivity contribution < 1.29 is 19.4 Å². The molecule has 1 rings (SSSR count). The summed E-state index contributed by atoms with van der Waals surface area (Å²) in [6.07, 6.45) is 3.94. The first-order valence-electron chi connectivity index (χ1n) is 5.77. The smallest absolute Gasteiger partial charge is 0.309 e. The van der Waals surface area contributed by atoms with Crippen molar-refractivity contribution >= 4 is 11.9 Å². The summed E-state index contributed by atoms with van der Waals surface area (Å²) in [6, 6.07) is 0. The number of carboxylic acids is 1. The van der Waals surface area contributed by atoms with Gasteiger partial charge in [0.25, 0.3) is 0 Å². The second-order valence-corrected chi connectivity index (χ2v) is 4.18. The zero-order chi connectivity index (χ0) is 13.7. The summed E-state index contributed by atoms with van der Waals surface area (Å²) in [5.74, 6) is -2.90. The van der Waals surface area contributed by atoms with Crippen molar-refractivity contribution in [3.8, 4) is 0 Å². The topological polar surface area (TPSA) is 81.4 Å². The maximum absolute atomic E-state index is 11.7. The highest BCUT2D eigenvalue weighted by molar-refractivity contribution is 5.81. The molecule has 1 heterocycles. The molecule has 6 nitrogen and oxygen atoms in total. The number of imidazole rings is 1. The van der Waals surface area contributed by atoms with E-state index in [-0.39, 0.29) is 0 Å². The first-order valence-corrected chi connectivity index (χ1v) is 5.77. The molecule has 0 aliphatic carbocycles. The number of aromatic nitrogens is 2. The van der Waals surface area contributed by atoms with E-state index in [1.54, 1.807) is 31.1 Å². The summed E-state index contributed by atoms with van der Waals surface area (Å²) < 4.78 is 6.47. The molecule has 18 heavy (non-hydrogen) atoms. The first-order chi connectivity index (χ1) is 8.51. The molecule has 1 unspecified atom stereocenters. The van der Waals surface area contributed by atoms with Crippen LogP contribution in [-0.4, -0.2) is 33.7 Å². The monoisotopic (exact) mass is 254 g/mol. The number of hydrogen-bond acceptors (Lipinski definition) is 4. The van der Waals surface area contributed by atoms with Gasteiger partial charge in [-0.3, -0.25) is 9.59 Å². The molecule has 0 saturated heterocycles. The van der Waals surface area contributed by atoms with Crippen molar-refractivity contribution in [3.05, 3.63) is 18.2 Å². The summed E-state index contributed by atoms with van der Waals surface area (Å²) in [5, 5.41) is 9.16. The summed E-state index contributed by atoms with van der Waals surface area (Å²) >= 11 is 0. The van der Waals surface area contributed by atoms with Gasteiger partial charge in [0.2, 0.25) is 0 Å². The number of rotatable bonds is 6. The van der Waals surface area contributed by atoms with E-state index in [0.717, 1.165) is 5.69 Å². The Bertz CT molecular complexity index is 427. The minimum absolute atomic E-state index is 0.313. The van der Waals surface area contributed by atoms with Crippen LogP contribution in [0.3, 0.4) is 0 Å². The molecule has 0 aliphatic rings. The molecular formula is C12H18N2O4. The Morgan fingerprint density at radius 2 is 2.17 bits per heavy atom. The van der Waals surface area contributed by atoms with E-state index in [9.17, 15) is 9.59 Å². The van der Waals surface area contributed by atoms with Crippen LogP contribution < -0.4 is 0 Å². The average Bonchev–Trinajstić information content (AvgIpc) is 2.73.